The molecule has 2 aromatic carbocycles. The van der Waals surface area contributed by atoms with Crippen molar-refractivity contribution in [3.63, 3.8) is 0 Å². The van der Waals surface area contributed by atoms with E-state index in [0.29, 0.717) is 22.7 Å². The Kier molecular flexibility index (Phi) is 4.99. The molecule has 0 radical (unpaired) electrons. The molecule has 2 aromatic rings. The Morgan fingerprint density at radius 2 is 1.78 bits per heavy atom. The number of nitrogens with one attached hydrogen (secondary N) is 2. The minimum absolute atomic E-state index is 0.0523. The van der Waals surface area contributed by atoms with Crippen molar-refractivity contribution < 1.29 is 19.1 Å². The minimum atomic E-state index is -0.976. The third-order valence-corrected chi connectivity index (χ3v) is 4.40. The molecular weight excluding hydrogens is 344 g/mol. The quantitative estimate of drug-likeness (QED) is 0.790. The van der Waals surface area contributed by atoms with Gasteiger partial charge in [-0.1, -0.05) is 35.9 Å². The number of rotatable bonds is 5. The Bertz CT molecular complexity index is 901. The van der Waals surface area contributed by atoms with E-state index in [1.807, 2.05) is 19.1 Å². The molecule has 0 atom stereocenters. The maximum absolute atomic E-state index is 12.3. The molecule has 6 heteroatoms. The van der Waals surface area contributed by atoms with E-state index >= 15 is 0 Å². The van der Waals surface area contributed by atoms with Crippen molar-refractivity contribution >= 4 is 29.0 Å². The Morgan fingerprint density at radius 1 is 1.07 bits per heavy atom. The number of anilines is 2. The SMILES string of the molecule is Cc1ccc(C(=O)CCC(=O)Nc2cccc3c2NC(=O)C(C)(C)O3)cc1. The number of amides is 2. The number of benzene rings is 2. The van der Waals surface area contributed by atoms with Crippen molar-refractivity contribution in [2.24, 2.45) is 0 Å². The smallest absolute Gasteiger partial charge is 0.268 e. The van der Waals surface area contributed by atoms with Gasteiger partial charge < -0.3 is 15.4 Å². The molecule has 6 nitrogen and oxygen atoms in total. The van der Waals surface area contributed by atoms with Crippen LogP contribution in [0.15, 0.2) is 42.5 Å². The van der Waals surface area contributed by atoms with Gasteiger partial charge in [0.15, 0.2) is 11.4 Å². The summed E-state index contributed by atoms with van der Waals surface area (Å²) in [6.07, 6.45) is 0.163. The van der Waals surface area contributed by atoms with Crippen LogP contribution in [0.2, 0.25) is 0 Å². The number of ketones is 1. The number of fused-ring (bicyclic) bond motifs is 1. The molecule has 3 rings (SSSR count). The number of ether oxygens (including phenoxy) is 1. The second-order valence-electron chi connectivity index (χ2n) is 7.08. The van der Waals surface area contributed by atoms with Gasteiger partial charge in [-0.2, -0.15) is 0 Å². The Balaban J connectivity index is 1.64. The number of aryl methyl sites for hydroxylation is 1. The average Bonchev–Trinajstić information content (AvgIpc) is 2.61. The molecule has 1 heterocycles. The van der Waals surface area contributed by atoms with E-state index in [0.717, 1.165) is 5.56 Å². The van der Waals surface area contributed by atoms with Crippen LogP contribution in [0.25, 0.3) is 0 Å². The van der Waals surface area contributed by atoms with Gasteiger partial charge in [0.2, 0.25) is 5.91 Å². The third-order valence-electron chi connectivity index (χ3n) is 4.40. The number of hydrogen-bond donors (Lipinski definition) is 2. The van der Waals surface area contributed by atoms with Gasteiger partial charge in [-0.3, -0.25) is 14.4 Å². The molecule has 0 saturated carbocycles. The second kappa shape index (κ2) is 7.23. The fraction of sp³-hybridized carbons (Fsp3) is 0.286. The number of Topliss-reactive ketones (excluding diaryl/α,β-unsaturated/α-hetero) is 1. The lowest BCUT2D eigenvalue weighted by Crippen LogP contribution is -2.45. The highest BCUT2D eigenvalue weighted by Crippen LogP contribution is 2.38. The van der Waals surface area contributed by atoms with Crippen LogP contribution in [0.1, 0.15) is 42.6 Å². The average molecular weight is 366 g/mol. The summed E-state index contributed by atoms with van der Waals surface area (Å²) in [6.45, 7) is 5.30. The Morgan fingerprint density at radius 3 is 2.48 bits per heavy atom. The standard InChI is InChI=1S/C21H22N2O4/c1-13-7-9-14(10-8-13)16(24)11-12-18(25)22-15-5-4-6-17-19(15)23-20(26)21(2,3)27-17/h4-10H,11-12H2,1-3H3,(H,22,25)(H,23,26). The highest BCUT2D eigenvalue weighted by molar-refractivity contribution is 6.06. The van der Waals surface area contributed by atoms with Gasteiger partial charge in [-0.05, 0) is 32.9 Å². The molecule has 2 N–H and O–H groups in total. The summed E-state index contributed by atoms with van der Waals surface area (Å²) in [7, 11) is 0. The van der Waals surface area contributed by atoms with Crippen LogP contribution in [-0.2, 0) is 9.59 Å². The molecule has 0 aliphatic carbocycles. The predicted octanol–water partition coefficient (Wildman–Crippen LogP) is 3.71. The minimum Gasteiger partial charge on any atom is -0.476 e. The lowest BCUT2D eigenvalue weighted by molar-refractivity contribution is -0.129. The summed E-state index contributed by atoms with van der Waals surface area (Å²) in [4.78, 5) is 36.6. The first-order valence-electron chi connectivity index (χ1n) is 8.79. The monoisotopic (exact) mass is 366 g/mol. The maximum Gasteiger partial charge on any atom is 0.268 e. The summed E-state index contributed by atoms with van der Waals surface area (Å²) < 4.78 is 5.70. The fourth-order valence-electron chi connectivity index (χ4n) is 2.76. The lowest BCUT2D eigenvalue weighted by atomic mass is 10.0. The molecule has 0 bridgehead atoms. The maximum atomic E-state index is 12.3. The molecule has 2 amide bonds. The predicted molar refractivity (Wildman–Crippen MR) is 103 cm³/mol. The van der Waals surface area contributed by atoms with Crippen LogP contribution in [0.5, 0.6) is 5.75 Å². The first kappa shape index (κ1) is 18.6. The van der Waals surface area contributed by atoms with E-state index in [1.165, 1.54) is 0 Å². The van der Waals surface area contributed by atoms with Crippen molar-refractivity contribution in [2.45, 2.75) is 39.2 Å². The molecule has 0 aromatic heterocycles. The van der Waals surface area contributed by atoms with Crippen molar-refractivity contribution in [3.8, 4) is 5.75 Å². The third kappa shape index (κ3) is 4.16. The molecule has 0 spiro atoms. The van der Waals surface area contributed by atoms with Crippen molar-refractivity contribution in [1.29, 1.82) is 0 Å². The summed E-state index contributed by atoms with van der Waals surface area (Å²) in [5.41, 5.74) is 1.57. The normalized spacial score (nSPS) is 14.6. The van der Waals surface area contributed by atoms with Gasteiger partial charge >= 0.3 is 0 Å². The highest BCUT2D eigenvalue weighted by atomic mass is 16.5. The molecular formula is C21H22N2O4. The second-order valence-corrected chi connectivity index (χ2v) is 7.08. The highest BCUT2D eigenvalue weighted by Gasteiger charge is 2.36. The van der Waals surface area contributed by atoms with E-state index in [4.69, 9.17) is 4.74 Å². The molecule has 0 saturated heterocycles. The topological polar surface area (TPSA) is 84.5 Å². The zero-order chi connectivity index (χ0) is 19.6. The van der Waals surface area contributed by atoms with Gasteiger partial charge in [0.1, 0.15) is 11.4 Å². The zero-order valence-corrected chi connectivity index (χ0v) is 15.6. The lowest BCUT2D eigenvalue weighted by Gasteiger charge is -2.32. The summed E-state index contributed by atoms with van der Waals surface area (Å²) in [5, 5.41) is 5.52. The van der Waals surface area contributed by atoms with Gasteiger partial charge in [-0.15, -0.1) is 0 Å². The summed E-state index contributed by atoms with van der Waals surface area (Å²) >= 11 is 0. The molecule has 1 aliphatic rings. The van der Waals surface area contributed by atoms with Crippen molar-refractivity contribution in [3.05, 3.63) is 53.6 Å². The van der Waals surface area contributed by atoms with Crippen LogP contribution in [-0.4, -0.2) is 23.2 Å². The van der Waals surface area contributed by atoms with Crippen LogP contribution in [0.4, 0.5) is 11.4 Å². The Labute approximate surface area is 157 Å². The van der Waals surface area contributed by atoms with Crippen LogP contribution in [0.3, 0.4) is 0 Å². The Hall–Kier alpha value is -3.15. The van der Waals surface area contributed by atoms with Gasteiger partial charge in [0.05, 0.1) is 5.69 Å². The van der Waals surface area contributed by atoms with Crippen LogP contribution in [0, 0.1) is 6.92 Å². The number of carbonyl (C=O) groups is 3. The number of hydrogen-bond acceptors (Lipinski definition) is 4. The first-order chi connectivity index (χ1) is 12.8. The zero-order valence-electron chi connectivity index (χ0n) is 15.6. The first-order valence-corrected chi connectivity index (χ1v) is 8.79. The van der Waals surface area contributed by atoms with Gasteiger partial charge in [-0.25, -0.2) is 0 Å². The molecule has 27 heavy (non-hydrogen) atoms. The summed E-state index contributed by atoms with van der Waals surface area (Å²) in [5.74, 6) is -0.180. The molecule has 0 fully saturated rings. The van der Waals surface area contributed by atoms with Crippen molar-refractivity contribution in [2.75, 3.05) is 10.6 Å². The van der Waals surface area contributed by atoms with Gasteiger partial charge in [0.25, 0.3) is 5.91 Å². The molecule has 1 aliphatic heterocycles. The number of carbonyl (C=O) groups excluding carboxylic acids is 3. The van der Waals surface area contributed by atoms with Crippen molar-refractivity contribution in [1.82, 2.24) is 0 Å². The summed E-state index contributed by atoms with van der Waals surface area (Å²) in [6, 6.07) is 12.4. The van der Waals surface area contributed by atoms with E-state index < -0.39 is 5.60 Å². The molecule has 0 unspecified atom stereocenters. The molecule has 140 valence electrons. The number of para-hydroxylation sites is 1. The van der Waals surface area contributed by atoms with Crippen LogP contribution >= 0.6 is 0 Å². The van der Waals surface area contributed by atoms with E-state index in [-0.39, 0.29) is 30.4 Å². The largest absolute Gasteiger partial charge is 0.476 e. The van der Waals surface area contributed by atoms with Crippen LogP contribution < -0.4 is 15.4 Å². The van der Waals surface area contributed by atoms with E-state index in [2.05, 4.69) is 10.6 Å². The van der Waals surface area contributed by atoms with Gasteiger partial charge in [0, 0.05) is 18.4 Å². The van der Waals surface area contributed by atoms with E-state index in [9.17, 15) is 14.4 Å². The fourth-order valence-corrected chi connectivity index (χ4v) is 2.76. The van der Waals surface area contributed by atoms with E-state index in [1.54, 1.807) is 44.2 Å².